The number of nitrogens with zero attached hydrogens (tertiary/aromatic N) is 2. The molecule has 0 saturated carbocycles. The van der Waals surface area contributed by atoms with Gasteiger partial charge in [0.15, 0.2) is 0 Å². The van der Waals surface area contributed by atoms with Gasteiger partial charge in [-0.3, -0.25) is 4.68 Å². The number of carboxylic acids is 1. The van der Waals surface area contributed by atoms with E-state index < -0.39 is 12.0 Å². The molecule has 0 fully saturated rings. The van der Waals surface area contributed by atoms with Crippen LogP contribution in [0.5, 0.6) is 0 Å². The third-order valence-corrected chi connectivity index (χ3v) is 2.96. The molecule has 0 unspecified atom stereocenters. The maximum Gasteiger partial charge on any atom is 0.337 e. The van der Waals surface area contributed by atoms with Crippen molar-refractivity contribution < 1.29 is 14.7 Å². The molecule has 2 aromatic rings. The second kappa shape index (κ2) is 6.08. The van der Waals surface area contributed by atoms with Gasteiger partial charge < -0.3 is 15.7 Å². The summed E-state index contributed by atoms with van der Waals surface area (Å²) in [6, 6.07) is 4.30. The number of nitrogens with one attached hydrogen (secondary N) is 2. The average Bonchev–Trinajstić information content (AvgIpc) is 2.88. The molecule has 2 rings (SSSR count). The largest absolute Gasteiger partial charge is 0.478 e. The van der Waals surface area contributed by atoms with Crippen LogP contribution in [0.15, 0.2) is 30.6 Å². The SMILES string of the molecule is CCn1cc(NC(=O)Nc2c(C)cccc2C(=O)O)cn1. The fourth-order valence-electron chi connectivity index (χ4n) is 1.89. The lowest BCUT2D eigenvalue weighted by atomic mass is 10.1. The highest BCUT2D eigenvalue weighted by Gasteiger charge is 2.14. The molecule has 0 atom stereocenters. The van der Waals surface area contributed by atoms with Gasteiger partial charge in [-0.15, -0.1) is 0 Å². The minimum absolute atomic E-state index is 0.0504. The summed E-state index contributed by atoms with van der Waals surface area (Å²) < 4.78 is 1.67. The van der Waals surface area contributed by atoms with Crippen LogP contribution in [0.4, 0.5) is 16.2 Å². The van der Waals surface area contributed by atoms with E-state index in [1.54, 1.807) is 29.9 Å². The van der Waals surface area contributed by atoms with Gasteiger partial charge in [-0.05, 0) is 25.5 Å². The number of aromatic carboxylic acids is 1. The van der Waals surface area contributed by atoms with Crippen molar-refractivity contribution in [3.8, 4) is 0 Å². The molecular formula is C14H16N4O3. The summed E-state index contributed by atoms with van der Waals surface area (Å²) in [7, 11) is 0. The van der Waals surface area contributed by atoms with Gasteiger partial charge in [0, 0.05) is 12.7 Å². The molecule has 21 heavy (non-hydrogen) atoms. The lowest BCUT2D eigenvalue weighted by molar-refractivity contribution is 0.0698. The van der Waals surface area contributed by atoms with Crippen molar-refractivity contribution in [3.63, 3.8) is 0 Å². The fourth-order valence-corrected chi connectivity index (χ4v) is 1.89. The van der Waals surface area contributed by atoms with Crippen LogP contribution >= 0.6 is 0 Å². The van der Waals surface area contributed by atoms with Crippen LogP contribution in [0.1, 0.15) is 22.8 Å². The van der Waals surface area contributed by atoms with Crippen LogP contribution in [0.3, 0.4) is 0 Å². The number of urea groups is 1. The summed E-state index contributed by atoms with van der Waals surface area (Å²) in [6.07, 6.45) is 3.22. The Morgan fingerprint density at radius 1 is 1.33 bits per heavy atom. The molecule has 0 aliphatic heterocycles. The van der Waals surface area contributed by atoms with Crippen LogP contribution in [0.25, 0.3) is 0 Å². The van der Waals surface area contributed by atoms with E-state index in [2.05, 4.69) is 15.7 Å². The monoisotopic (exact) mass is 288 g/mol. The number of para-hydroxylation sites is 1. The average molecular weight is 288 g/mol. The van der Waals surface area contributed by atoms with E-state index in [-0.39, 0.29) is 11.3 Å². The summed E-state index contributed by atoms with van der Waals surface area (Å²) in [6.45, 7) is 4.37. The Hall–Kier alpha value is -2.83. The maximum atomic E-state index is 12.0. The molecule has 1 heterocycles. The summed E-state index contributed by atoms with van der Waals surface area (Å²) >= 11 is 0. The van der Waals surface area contributed by atoms with E-state index >= 15 is 0 Å². The standard InChI is InChI=1S/C14H16N4O3/c1-3-18-8-10(7-15-18)16-14(21)17-12-9(2)5-4-6-11(12)13(19)20/h4-8H,3H2,1-2H3,(H,19,20)(H2,16,17,21). The summed E-state index contributed by atoms with van der Waals surface area (Å²) in [5, 5.41) is 18.4. The third-order valence-electron chi connectivity index (χ3n) is 2.96. The van der Waals surface area contributed by atoms with Crippen molar-refractivity contribution >= 4 is 23.4 Å². The molecule has 7 heteroatoms. The van der Waals surface area contributed by atoms with Crippen molar-refractivity contribution in [2.75, 3.05) is 10.6 Å². The minimum atomic E-state index is -1.09. The number of anilines is 2. The Morgan fingerprint density at radius 3 is 2.71 bits per heavy atom. The molecular weight excluding hydrogens is 272 g/mol. The van der Waals surface area contributed by atoms with E-state index in [0.717, 1.165) is 0 Å². The number of hydrogen-bond acceptors (Lipinski definition) is 3. The molecule has 2 amide bonds. The number of amides is 2. The first-order valence-electron chi connectivity index (χ1n) is 6.44. The first-order chi connectivity index (χ1) is 10.0. The fraction of sp³-hybridized carbons (Fsp3) is 0.214. The Balaban J connectivity index is 2.14. The van der Waals surface area contributed by atoms with Gasteiger partial charge in [0.05, 0.1) is 23.1 Å². The van der Waals surface area contributed by atoms with Gasteiger partial charge in [0.25, 0.3) is 0 Å². The Labute approximate surface area is 121 Å². The topological polar surface area (TPSA) is 96.2 Å². The van der Waals surface area contributed by atoms with Crippen molar-refractivity contribution in [1.82, 2.24) is 9.78 Å². The van der Waals surface area contributed by atoms with Crippen LogP contribution in [0, 0.1) is 6.92 Å². The van der Waals surface area contributed by atoms with E-state index in [9.17, 15) is 9.59 Å². The lowest BCUT2D eigenvalue weighted by Crippen LogP contribution is -2.21. The van der Waals surface area contributed by atoms with E-state index in [1.165, 1.54) is 12.3 Å². The molecule has 0 spiro atoms. The van der Waals surface area contributed by atoms with Gasteiger partial charge in [-0.25, -0.2) is 9.59 Å². The molecule has 0 radical (unpaired) electrons. The van der Waals surface area contributed by atoms with Crippen LogP contribution in [0.2, 0.25) is 0 Å². The van der Waals surface area contributed by atoms with Crippen molar-refractivity contribution in [3.05, 3.63) is 41.7 Å². The van der Waals surface area contributed by atoms with Gasteiger partial charge in [0.1, 0.15) is 0 Å². The highest BCUT2D eigenvalue weighted by atomic mass is 16.4. The quantitative estimate of drug-likeness (QED) is 0.805. The summed E-state index contributed by atoms with van der Waals surface area (Å²) in [5.41, 5.74) is 1.55. The van der Waals surface area contributed by atoms with Crippen LogP contribution < -0.4 is 10.6 Å². The minimum Gasteiger partial charge on any atom is -0.478 e. The van der Waals surface area contributed by atoms with Gasteiger partial charge in [-0.2, -0.15) is 5.10 Å². The first kappa shape index (κ1) is 14.6. The number of aromatic nitrogens is 2. The normalized spacial score (nSPS) is 10.2. The van der Waals surface area contributed by atoms with Gasteiger partial charge in [-0.1, -0.05) is 12.1 Å². The molecule has 0 aliphatic carbocycles. The Kier molecular flexibility index (Phi) is 4.22. The predicted molar refractivity (Wildman–Crippen MR) is 78.7 cm³/mol. The smallest absolute Gasteiger partial charge is 0.337 e. The molecule has 3 N–H and O–H groups in total. The van der Waals surface area contributed by atoms with Crippen molar-refractivity contribution in [2.24, 2.45) is 0 Å². The third kappa shape index (κ3) is 3.38. The van der Waals surface area contributed by atoms with Crippen LogP contribution in [-0.4, -0.2) is 26.9 Å². The highest BCUT2D eigenvalue weighted by molar-refractivity contribution is 6.05. The van der Waals surface area contributed by atoms with Crippen molar-refractivity contribution in [1.29, 1.82) is 0 Å². The zero-order valence-electron chi connectivity index (χ0n) is 11.8. The first-order valence-corrected chi connectivity index (χ1v) is 6.44. The predicted octanol–water partition coefficient (Wildman–Crippen LogP) is 2.55. The maximum absolute atomic E-state index is 12.0. The molecule has 0 saturated heterocycles. The molecule has 1 aromatic heterocycles. The Bertz CT molecular complexity index is 679. The second-order valence-electron chi connectivity index (χ2n) is 4.47. The summed E-state index contributed by atoms with van der Waals surface area (Å²) in [4.78, 5) is 23.1. The van der Waals surface area contributed by atoms with E-state index in [0.29, 0.717) is 17.8 Å². The molecule has 7 nitrogen and oxygen atoms in total. The van der Waals surface area contributed by atoms with E-state index in [4.69, 9.17) is 5.11 Å². The van der Waals surface area contributed by atoms with Gasteiger partial charge >= 0.3 is 12.0 Å². The zero-order chi connectivity index (χ0) is 15.4. The number of aryl methyl sites for hydroxylation is 2. The van der Waals surface area contributed by atoms with E-state index in [1.807, 2.05) is 6.92 Å². The molecule has 0 aliphatic rings. The number of carbonyl (C=O) groups excluding carboxylic acids is 1. The molecule has 1 aromatic carbocycles. The number of carbonyl (C=O) groups is 2. The second-order valence-corrected chi connectivity index (χ2v) is 4.47. The van der Waals surface area contributed by atoms with Crippen molar-refractivity contribution in [2.45, 2.75) is 20.4 Å². The summed E-state index contributed by atoms with van der Waals surface area (Å²) in [5.74, 6) is -1.09. The highest BCUT2D eigenvalue weighted by Crippen LogP contribution is 2.21. The van der Waals surface area contributed by atoms with Gasteiger partial charge in [0.2, 0.25) is 0 Å². The molecule has 110 valence electrons. The number of carboxylic acid groups (broad SMARTS) is 1. The molecule has 0 bridgehead atoms. The lowest BCUT2D eigenvalue weighted by Gasteiger charge is -2.11. The number of hydrogen-bond donors (Lipinski definition) is 3. The van der Waals surface area contributed by atoms with Crippen LogP contribution in [-0.2, 0) is 6.54 Å². The number of benzene rings is 1. The number of rotatable bonds is 4. The zero-order valence-corrected chi connectivity index (χ0v) is 11.8. The Morgan fingerprint density at radius 2 is 2.10 bits per heavy atom.